The van der Waals surface area contributed by atoms with Gasteiger partial charge in [0.05, 0.1) is 11.9 Å². The highest BCUT2D eigenvalue weighted by molar-refractivity contribution is 5.88. The molecule has 1 aliphatic carbocycles. The molecule has 0 unspecified atom stereocenters. The lowest BCUT2D eigenvalue weighted by atomic mass is 10.2. The normalized spacial score (nSPS) is 17.6. The number of benzene rings is 1. The number of aromatic nitrogens is 1. The van der Waals surface area contributed by atoms with Crippen LogP contribution in [0, 0.1) is 0 Å². The average molecular weight is 377 g/mol. The van der Waals surface area contributed by atoms with Crippen molar-refractivity contribution in [3.8, 4) is 0 Å². The van der Waals surface area contributed by atoms with Gasteiger partial charge in [-0.1, -0.05) is 42.5 Å². The number of nitrogens with one attached hydrogen (secondary N) is 2. The van der Waals surface area contributed by atoms with Crippen LogP contribution in [0.15, 0.2) is 54.7 Å². The molecule has 146 valence electrons. The van der Waals surface area contributed by atoms with Gasteiger partial charge < -0.3 is 10.2 Å². The van der Waals surface area contributed by atoms with E-state index in [0.29, 0.717) is 11.9 Å². The molecule has 2 fully saturated rings. The molecule has 0 atom stereocenters. The van der Waals surface area contributed by atoms with Gasteiger partial charge >= 0.3 is 6.03 Å². The maximum absolute atomic E-state index is 11.8. The highest BCUT2D eigenvalue weighted by Crippen LogP contribution is 2.20. The van der Waals surface area contributed by atoms with E-state index in [4.69, 9.17) is 0 Å². The van der Waals surface area contributed by atoms with Crippen molar-refractivity contribution in [2.75, 3.05) is 42.9 Å². The molecule has 4 rings (SSSR count). The fourth-order valence-electron chi connectivity index (χ4n) is 3.30. The molecule has 28 heavy (non-hydrogen) atoms. The molecule has 1 aromatic heterocycles. The fraction of sp³-hybridized carbons (Fsp3) is 0.364. The van der Waals surface area contributed by atoms with Crippen LogP contribution in [0.25, 0.3) is 6.08 Å². The number of carbonyl (C=O) groups is 1. The summed E-state index contributed by atoms with van der Waals surface area (Å²) in [6.07, 6.45) is 8.42. The molecule has 0 bridgehead atoms. The molecule has 0 radical (unpaired) electrons. The summed E-state index contributed by atoms with van der Waals surface area (Å²) in [5.41, 5.74) is 2.35. The summed E-state index contributed by atoms with van der Waals surface area (Å²) in [4.78, 5) is 21.0. The third kappa shape index (κ3) is 5.33. The number of nitrogens with zero attached hydrogens (tertiary/aromatic N) is 3. The van der Waals surface area contributed by atoms with Crippen LogP contribution in [0.5, 0.6) is 0 Å². The van der Waals surface area contributed by atoms with Crippen molar-refractivity contribution in [1.82, 2.24) is 15.2 Å². The van der Waals surface area contributed by atoms with Gasteiger partial charge in [-0.25, -0.2) is 9.78 Å². The van der Waals surface area contributed by atoms with Crippen LogP contribution in [0.2, 0.25) is 0 Å². The second-order valence-electron chi connectivity index (χ2n) is 7.38. The molecular weight excluding hydrogens is 350 g/mol. The SMILES string of the molecule is O=C(Nc1ccc(N2CCN(C/C=C/c3ccccc3)CC2)cn1)NC1CC1. The molecule has 6 heteroatoms. The quantitative estimate of drug-likeness (QED) is 0.812. The fourth-order valence-corrected chi connectivity index (χ4v) is 3.30. The zero-order valence-electron chi connectivity index (χ0n) is 16.1. The van der Waals surface area contributed by atoms with E-state index >= 15 is 0 Å². The lowest BCUT2D eigenvalue weighted by Gasteiger charge is -2.35. The Morgan fingerprint density at radius 3 is 2.54 bits per heavy atom. The maximum atomic E-state index is 11.8. The third-order valence-corrected chi connectivity index (χ3v) is 5.11. The smallest absolute Gasteiger partial charge is 0.320 e. The number of amides is 2. The number of hydrogen-bond donors (Lipinski definition) is 2. The van der Waals surface area contributed by atoms with E-state index in [0.717, 1.165) is 51.3 Å². The number of urea groups is 1. The van der Waals surface area contributed by atoms with Gasteiger partial charge in [-0.05, 0) is 30.5 Å². The van der Waals surface area contributed by atoms with Crippen molar-refractivity contribution in [1.29, 1.82) is 0 Å². The van der Waals surface area contributed by atoms with Gasteiger partial charge in [0.1, 0.15) is 5.82 Å². The van der Waals surface area contributed by atoms with E-state index in [1.54, 1.807) is 0 Å². The third-order valence-electron chi connectivity index (χ3n) is 5.11. The maximum Gasteiger partial charge on any atom is 0.320 e. The Morgan fingerprint density at radius 1 is 1.07 bits per heavy atom. The Labute approximate surface area is 166 Å². The first-order valence-electron chi connectivity index (χ1n) is 9.99. The van der Waals surface area contributed by atoms with Crippen LogP contribution in [0.4, 0.5) is 16.3 Å². The Morgan fingerprint density at radius 2 is 1.86 bits per heavy atom. The molecule has 1 aromatic carbocycles. The van der Waals surface area contributed by atoms with E-state index in [1.807, 2.05) is 24.4 Å². The van der Waals surface area contributed by atoms with Crippen molar-refractivity contribution < 1.29 is 4.79 Å². The Hall–Kier alpha value is -2.86. The summed E-state index contributed by atoms with van der Waals surface area (Å²) in [6.45, 7) is 5.00. The van der Waals surface area contributed by atoms with Gasteiger partial charge in [0.2, 0.25) is 0 Å². The monoisotopic (exact) mass is 377 g/mol. The number of anilines is 2. The van der Waals surface area contributed by atoms with Crippen LogP contribution in [0.3, 0.4) is 0 Å². The van der Waals surface area contributed by atoms with Gasteiger partial charge in [0.25, 0.3) is 0 Å². The lowest BCUT2D eigenvalue weighted by molar-refractivity contribution is 0.251. The minimum atomic E-state index is -0.167. The molecule has 1 saturated heterocycles. The number of piperazine rings is 1. The van der Waals surface area contributed by atoms with Gasteiger partial charge in [-0.2, -0.15) is 0 Å². The highest BCUT2D eigenvalue weighted by Gasteiger charge is 2.23. The largest absolute Gasteiger partial charge is 0.368 e. The van der Waals surface area contributed by atoms with Crippen molar-refractivity contribution in [3.63, 3.8) is 0 Å². The Bertz CT molecular complexity index is 793. The van der Waals surface area contributed by atoms with Crippen LogP contribution < -0.4 is 15.5 Å². The minimum absolute atomic E-state index is 0.167. The highest BCUT2D eigenvalue weighted by atomic mass is 16.2. The van der Waals surface area contributed by atoms with Gasteiger partial charge in [-0.15, -0.1) is 0 Å². The lowest BCUT2D eigenvalue weighted by Crippen LogP contribution is -2.46. The van der Waals surface area contributed by atoms with Gasteiger partial charge in [0.15, 0.2) is 0 Å². The minimum Gasteiger partial charge on any atom is -0.368 e. The zero-order valence-corrected chi connectivity index (χ0v) is 16.1. The number of carbonyl (C=O) groups excluding carboxylic acids is 1. The van der Waals surface area contributed by atoms with Crippen molar-refractivity contribution >= 4 is 23.6 Å². The second-order valence-corrected chi connectivity index (χ2v) is 7.38. The molecule has 2 amide bonds. The molecule has 6 nitrogen and oxygen atoms in total. The molecular formula is C22H27N5O. The van der Waals surface area contributed by atoms with Crippen molar-refractivity contribution in [3.05, 3.63) is 60.3 Å². The molecule has 2 N–H and O–H groups in total. The second kappa shape index (κ2) is 8.89. The zero-order chi connectivity index (χ0) is 19.2. The topological polar surface area (TPSA) is 60.5 Å². The van der Waals surface area contributed by atoms with Gasteiger partial charge in [-0.3, -0.25) is 10.2 Å². The first-order valence-corrected chi connectivity index (χ1v) is 9.99. The summed E-state index contributed by atoms with van der Waals surface area (Å²) in [5.74, 6) is 0.589. The van der Waals surface area contributed by atoms with E-state index in [-0.39, 0.29) is 6.03 Å². The number of hydrogen-bond acceptors (Lipinski definition) is 4. The van der Waals surface area contributed by atoms with Crippen LogP contribution in [-0.4, -0.2) is 54.7 Å². The molecule has 2 aromatic rings. The van der Waals surface area contributed by atoms with Crippen LogP contribution >= 0.6 is 0 Å². The number of rotatable bonds is 6. The first-order chi connectivity index (χ1) is 13.8. The standard InChI is InChI=1S/C22H27N5O/c28-22(24-19-8-9-19)25-21-11-10-20(17-23-21)27-15-13-26(14-16-27)12-4-7-18-5-2-1-3-6-18/h1-7,10-11,17,19H,8-9,12-16H2,(H2,23,24,25,28)/b7-4+. The molecule has 0 spiro atoms. The van der Waals surface area contributed by atoms with E-state index in [1.165, 1.54) is 5.56 Å². The summed E-state index contributed by atoms with van der Waals surface area (Å²) in [7, 11) is 0. The molecule has 1 saturated carbocycles. The average Bonchev–Trinajstić information content (AvgIpc) is 3.54. The predicted octanol–water partition coefficient (Wildman–Crippen LogP) is 3.20. The van der Waals surface area contributed by atoms with E-state index in [9.17, 15) is 4.79 Å². The predicted molar refractivity (Wildman–Crippen MR) is 114 cm³/mol. The summed E-state index contributed by atoms with van der Waals surface area (Å²) in [5, 5.41) is 5.69. The van der Waals surface area contributed by atoms with Crippen LogP contribution in [0.1, 0.15) is 18.4 Å². The summed E-state index contributed by atoms with van der Waals surface area (Å²) >= 11 is 0. The molecule has 2 aliphatic rings. The van der Waals surface area contributed by atoms with E-state index in [2.05, 4.69) is 61.8 Å². The Balaban J connectivity index is 1.22. The summed E-state index contributed by atoms with van der Waals surface area (Å²) in [6, 6.07) is 14.5. The molecule has 2 heterocycles. The molecule has 1 aliphatic heterocycles. The van der Waals surface area contributed by atoms with Crippen molar-refractivity contribution in [2.45, 2.75) is 18.9 Å². The van der Waals surface area contributed by atoms with Crippen LogP contribution in [-0.2, 0) is 0 Å². The van der Waals surface area contributed by atoms with Crippen molar-refractivity contribution in [2.24, 2.45) is 0 Å². The van der Waals surface area contributed by atoms with Gasteiger partial charge in [0, 0.05) is 38.8 Å². The Kier molecular flexibility index (Phi) is 5.87. The van der Waals surface area contributed by atoms with E-state index < -0.39 is 0 Å². The first kappa shape index (κ1) is 18.5. The summed E-state index contributed by atoms with van der Waals surface area (Å²) < 4.78 is 0. The number of pyridine rings is 1.